The average molecular weight is 497 g/mol. The van der Waals surface area contributed by atoms with Crippen molar-refractivity contribution in [3.05, 3.63) is 87.9 Å². The molecule has 0 fully saturated rings. The van der Waals surface area contributed by atoms with Crippen LogP contribution >= 0.6 is 0 Å². The third-order valence-electron chi connectivity index (χ3n) is 4.66. The number of aromatic nitrogens is 4. The van der Waals surface area contributed by atoms with E-state index >= 15 is 0 Å². The van der Waals surface area contributed by atoms with Crippen LogP contribution in [0.5, 0.6) is 0 Å². The molecule has 3 aromatic heterocycles. The number of hydrogen-bond acceptors (Lipinski definition) is 9. The number of nitrogens with zero attached hydrogens (tertiary/aromatic N) is 5. The number of carbonyl (C=O) groups is 1. The molecule has 0 aliphatic rings. The molecule has 1 aromatic carbocycles. The van der Waals surface area contributed by atoms with Crippen molar-refractivity contribution < 1.29 is 22.6 Å². The summed E-state index contributed by atoms with van der Waals surface area (Å²) < 4.78 is 34.4. The molecule has 180 valence electrons. The maximum Gasteiger partial charge on any atom is 0.307 e. The van der Waals surface area contributed by atoms with E-state index in [1.807, 2.05) is 0 Å². The molecule has 0 saturated heterocycles. The van der Waals surface area contributed by atoms with Crippen LogP contribution in [0.15, 0.2) is 64.2 Å². The average Bonchev–Trinajstić information content (AvgIpc) is 3.43. The van der Waals surface area contributed by atoms with Gasteiger partial charge >= 0.3 is 5.69 Å². The quantitative estimate of drug-likeness (QED) is 0.274. The van der Waals surface area contributed by atoms with Gasteiger partial charge in [-0.3, -0.25) is 19.6 Å². The molecule has 4 rings (SSSR count). The van der Waals surface area contributed by atoms with E-state index in [9.17, 15) is 23.3 Å². The molecule has 13 nitrogen and oxygen atoms in total. The molecule has 14 heteroatoms. The number of nitrogens with one attached hydrogen (secondary N) is 2. The van der Waals surface area contributed by atoms with E-state index in [4.69, 9.17) is 4.42 Å². The minimum absolute atomic E-state index is 0.00647. The van der Waals surface area contributed by atoms with Crippen LogP contribution in [0.1, 0.15) is 27.7 Å². The molecular weight excluding hydrogens is 478 g/mol. The van der Waals surface area contributed by atoms with Crippen LogP contribution in [-0.2, 0) is 16.6 Å². The molecule has 4 aromatic rings. The van der Waals surface area contributed by atoms with Gasteiger partial charge in [0.2, 0.25) is 5.95 Å². The lowest BCUT2D eigenvalue weighted by molar-refractivity contribution is -0.385. The van der Waals surface area contributed by atoms with E-state index in [0.717, 1.165) is 6.20 Å². The second kappa shape index (κ2) is 9.34. The molecule has 35 heavy (non-hydrogen) atoms. The lowest BCUT2D eigenvalue weighted by Crippen LogP contribution is -2.16. The number of anilines is 2. The highest BCUT2D eigenvalue weighted by atomic mass is 32.2. The first-order chi connectivity index (χ1) is 16.6. The maximum atomic E-state index is 12.6. The number of rotatable bonds is 8. The highest BCUT2D eigenvalue weighted by molar-refractivity contribution is 7.92. The van der Waals surface area contributed by atoms with E-state index in [0.29, 0.717) is 22.8 Å². The molecule has 2 N–H and O–H groups in total. The molecule has 0 saturated carbocycles. The molecule has 0 spiro atoms. The summed E-state index contributed by atoms with van der Waals surface area (Å²) in [6.45, 7) is 3.57. The SMILES string of the molecule is Cc1cc(C)nc(NS(=O)(=O)c2ccc(NC(=O)c3ccc(Cn4cc([N+](=O)[O-])cn4)o3)cc2)n1. The van der Waals surface area contributed by atoms with E-state index in [1.165, 1.54) is 41.2 Å². The zero-order chi connectivity index (χ0) is 25.2. The minimum Gasteiger partial charge on any atom is -0.454 e. The summed E-state index contributed by atoms with van der Waals surface area (Å²) in [6, 6.07) is 10.3. The predicted octanol–water partition coefficient (Wildman–Crippen LogP) is 2.89. The number of aryl methyl sites for hydroxylation is 2. The Labute approximate surface area is 199 Å². The van der Waals surface area contributed by atoms with E-state index in [-0.39, 0.29) is 28.8 Å². The van der Waals surface area contributed by atoms with Crippen LogP contribution in [0, 0.1) is 24.0 Å². The number of sulfonamides is 1. The van der Waals surface area contributed by atoms with Gasteiger partial charge in [0.25, 0.3) is 15.9 Å². The van der Waals surface area contributed by atoms with E-state index in [1.54, 1.807) is 26.0 Å². The van der Waals surface area contributed by atoms with Gasteiger partial charge in [0.1, 0.15) is 18.2 Å². The van der Waals surface area contributed by atoms with Crippen molar-refractivity contribution in [1.29, 1.82) is 0 Å². The Hall–Kier alpha value is -4.59. The van der Waals surface area contributed by atoms with Gasteiger partial charge in [-0.2, -0.15) is 5.10 Å². The monoisotopic (exact) mass is 497 g/mol. The normalized spacial score (nSPS) is 11.3. The molecule has 0 atom stereocenters. The van der Waals surface area contributed by atoms with Gasteiger partial charge in [-0.15, -0.1) is 0 Å². The van der Waals surface area contributed by atoms with Crippen molar-refractivity contribution in [3.63, 3.8) is 0 Å². The zero-order valence-electron chi connectivity index (χ0n) is 18.5. The zero-order valence-corrected chi connectivity index (χ0v) is 19.3. The first-order valence-electron chi connectivity index (χ1n) is 10.1. The summed E-state index contributed by atoms with van der Waals surface area (Å²) in [6.07, 6.45) is 2.36. The fourth-order valence-corrected chi connectivity index (χ4v) is 4.08. The summed E-state index contributed by atoms with van der Waals surface area (Å²) in [7, 11) is -3.93. The largest absolute Gasteiger partial charge is 0.454 e. The molecule has 3 heterocycles. The second-order valence-corrected chi connectivity index (χ2v) is 9.16. The Morgan fingerprint density at radius 1 is 1.11 bits per heavy atom. The second-order valence-electron chi connectivity index (χ2n) is 7.48. The summed E-state index contributed by atoms with van der Waals surface area (Å²) in [4.78, 5) is 30.8. The standard InChI is InChI=1S/C21H19N7O6S/c1-13-9-14(2)24-21(23-13)26-35(32,33)18-6-3-15(4-7-18)25-20(29)19-8-5-17(34-19)12-27-11-16(10-22-27)28(30)31/h3-11H,12H2,1-2H3,(H,25,29)(H,23,24,26). The number of nitro groups is 1. The Balaban J connectivity index is 1.40. The first kappa shape index (κ1) is 23.6. The van der Waals surface area contributed by atoms with Crippen LogP contribution in [0.25, 0.3) is 0 Å². The van der Waals surface area contributed by atoms with E-state index in [2.05, 4.69) is 25.1 Å². The molecular formula is C21H19N7O6S. The molecule has 0 bridgehead atoms. The van der Waals surface area contributed by atoms with Crippen LogP contribution in [0.2, 0.25) is 0 Å². The van der Waals surface area contributed by atoms with Crippen LogP contribution in [0.3, 0.4) is 0 Å². The van der Waals surface area contributed by atoms with Crippen molar-refractivity contribution >= 4 is 33.3 Å². The van der Waals surface area contributed by atoms with Crippen molar-refractivity contribution in [1.82, 2.24) is 19.7 Å². The highest BCUT2D eigenvalue weighted by Crippen LogP contribution is 2.19. The summed E-state index contributed by atoms with van der Waals surface area (Å²) in [5.41, 5.74) is 1.44. The molecule has 0 aliphatic carbocycles. The number of amides is 1. The Morgan fingerprint density at radius 2 is 1.80 bits per heavy atom. The van der Waals surface area contributed by atoms with Crippen molar-refractivity contribution in [2.45, 2.75) is 25.3 Å². The lowest BCUT2D eigenvalue weighted by Gasteiger charge is -2.09. The third kappa shape index (κ3) is 5.67. The number of furan rings is 1. The van der Waals surface area contributed by atoms with Gasteiger partial charge in [-0.1, -0.05) is 0 Å². The molecule has 0 radical (unpaired) electrons. The van der Waals surface area contributed by atoms with Crippen LogP contribution in [-0.4, -0.2) is 39.0 Å². The van der Waals surface area contributed by atoms with Crippen LogP contribution < -0.4 is 10.0 Å². The highest BCUT2D eigenvalue weighted by Gasteiger charge is 2.18. The van der Waals surface area contributed by atoms with E-state index < -0.39 is 20.9 Å². The van der Waals surface area contributed by atoms with Gasteiger partial charge in [-0.25, -0.2) is 23.1 Å². The molecule has 0 aliphatic heterocycles. The Morgan fingerprint density at radius 3 is 2.43 bits per heavy atom. The summed E-state index contributed by atoms with van der Waals surface area (Å²) in [5, 5.41) is 17.2. The Bertz CT molecular complexity index is 1490. The van der Waals surface area contributed by atoms with Crippen molar-refractivity contribution in [3.8, 4) is 0 Å². The van der Waals surface area contributed by atoms with Gasteiger partial charge in [0.15, 0.2) is 5.76 Å². The number of hydrogen-bond donors (Lipinski definition) is 2. The topological polar surface area (TPSA) is 175 Å². The number of benzene rings is 1. The van der Waals surface area contributed by atoms with Gasteiger partial charge in [0, 0.05) is 17.1 Å². The van der Waals surface area contributed by atoms with Gasteiger partial charge in [-0.05, 0) is 56.3 Å². The van der Waals surface area contributed by atoms with Crippen LogP contribution in [0.4, 0.5) is 17.3 Å². The summed E-state index contributed by atoms with van der Waals surface area (Å²) in [5.74, 6) is -0.209. The lowest BCUT2D eigenvalue weighted by atomic mass is 10.3. The maximum absolute atomic E-state index is 12.6. The minimum atomic E-state index is -3.93. The number of carbonyl (C=O) groups excluding carboxylic acids is 1. The fraction of sp³-hybridized carbons (Fsp3) is 0.143. The fourth-order valence-electron chi connectivity index (χ4n) is 3.14. The van der Waals surface area contributed by atoms with Crippen molar-refractivity contribution in [2.24, 2.45) is 0 Å². The molecule has 1 amide bonds. The van der Waals surface area contributed by atoms with Crippen molar-refractivity contribution in [2.75, 3.05) is 10.0 Å². The molecule has 0 unspecified atom stereocenters. The third-order valence-corrected chi connectivity index (χ3v) is 6.01. The first-order valence-corrected chi connectivity index (χ1v) is 11.6. The Kier molecular flexibility index (Phi) is 6.29. The van der Waals surface area contributed by atoms with Gasteiger partial charge in [0.05, 0.1) is 16.4 Å². The summed E-state index contributed by atoms with van der Waals surface area (Å²) >= 11 is 0. The predicted molar refractivity (Wildman–Crippen MR) is 123 cm³/mol. The van der Waals surface area contributed by atoms with Gasteiger partial charge < -0.3 is 9.73 Å². The smallest absolute Gasteiger partial charge is 0.307 e.